The smallest absolute Gasteiger partial charge is 0.257 e. The number of carbonyl (C=O) groups excluding carboxylic acids is 1. The molecule has 1 spiro atoms. The number of nitrogens with one attached hydrogen (secondary N) is 2. The van der Waals surface area contributed by atoms with Crippen molar-refractivity contribution in [3.8, 4) is 11.5 Å². The predicted octanol–water partition coefficient (Wildman–Crippen LogP) is 1.35. The Kier molecular flexibility index (Phi) is 2.97. The molecule has 1 amide bonds. The third kappa shape index (κ3) is 2.03. The third-order valence-electron chi connectivity index (χ3n) is 4.49. The molecule has 7 nitrogen and oxygen atoms in total. The lowest BCUT2D eigenvalue weighted by atomic mass is 9.77. The van der Waals surface area contributed by atoms with Gasteiger partial charge in [0.15, 0.2) is 5.82 Å². The first-order valence-electron chi connectivity index (χ1n) is 7.68. The molecule has 0 fully saturated rings. The van der Waals surface area contributed by atoms with E-state index in [0.29, 0.717) is 31.6 Å². The van der Waals surface area contributed by atoms with E-state index >= 15 is 0 Å². The zero-order valence-electron chi connectivity index (χ0n) is 12.8. The van der Waals surface area contributed by atoms with Crippen LogP contribution in [-0.2, 0) is 12.0 Å². The van der Waals surface area contributed by atoms with Gasteiger partial charge in [-0.3, -0.25) is 9.89 Å². The van der Waals surface area contributed by atoms with Crippen LogP contribution in [0.1, 0.15) is 35.0 Å². The first-order valence-corrected chi connectivity index (χ1v) is 7.68. The average Bonchev–Trinajstić information content (AvgIpc) is 2.89. The quantitative estimate of drug-likeness (QED) is 0.776. The Morgan fingerprint density at radius 2 is 2.35 bits per heavy atom. The second-order valence-corrected chi connectivity index (χ2v) is 5.86. The van der Waals surface area contributed by atoms with Crippen LogP contribution in [0.3, 0.4) is 0 Å². The molecule has 2 aliphatic heterocycles. The van der Waals surface area contributed by atoms with E-state index in [2.05, 4.69) is 15.5 Å². The van der Waals surface area contributed by atoms with Crippen molar-refractivity contribution in [2.75, 3.05) is 18.9 Å². The molecule has 0 saturated heterocycles. The third-order valence-corrected chi connectivity index (χ3v) is 4.49. The minimum Gasteiger partial charge on any atom is -0.494 e. The number of rotatable bonds is 2. The van der Waals surface area contributed by atoms with Gasteiger partial charge in [-0.15, -0.1) is 0 Å². The molecule has 0 unspecified atom stereocenters. The number of nitrogens with zero attached hydrogens (tertiary/aromatic N) is 1. The van der Waals surface area contributed by atoms with Crippen LogP contribution in [-0.4, -0.2) is 29.3 Å². The molecule has 2 aromatic rings. The van der Waals surface area contributed by atoms with Crippen LogP contribution in [0.15, 0.2) is 18.2 Å². The summed E-state index contributed by atoms with van der Waals surface area (Å²) in [5.41, 5.74) is 7.46. The molecule has 23 heavy (non-hydrogen) atoms. The lowest BCUT2D eigenvalue weighted by Crippen LogP contribution is -2.53. The van der Waals surface area contributed by atoms with Crippen LogP contribution in [0.4, 0.5) is 5.82 Å². The zero-order chi connectivity index (χ0) is 16.0. The Morgan fingerprint density at radius 3 is 3.17 bits per heavy atom. The molecule has 3 heterocycles. The molecule has 1 aromatic heterocycles. The summed E-state index contributed by atoms with van der Waals surface area (Å²) in [6.45, 7) is 3.06. The predicted molar refractivity (Wildman–Crippen MR) is 83.6 cm³/mol. The Morgan fingerprint density at radius 1 is 1.48 bits per heavy atom. The fourth-order valence-corrected chi connectivity index (χ4v) is 3.46. The maximum atomic E-state index is 12.5. The van der Waals surface area contributed by atoms with E-state index in [1.54, 1.807) is 0 Å². The SMILES string of the molecule is CCOc1ccc2c(c1)OCC[C@@]21Cc2[nH]nc(N)c2C(=O)N1. The molecule has 1 atom stereocenters. The molecular formula is C16H18N4O3. The fourth-order valence-electron chi connectivity index (χ4n) is 3.46. The van der Waals surface area contributed by atoms with Gasteiger partial charge in [-0.2, -0.15) is 5.10 Å². The van der Waals surface area contributed by atoms with E-state index < -0.39 is 5.54 Å². The Labute approximate surface area is 133 Å². The number of anilines is 1. The molecule has 0 saturated carbocycles. The van der Waals surface area contributed by atoms with Crippen LogP contribution in [0.2, 0.25) is 0 Å². The number of fused-ring (bicyclic) bond motifs is 3. The molecule has 4 rings (SSSR count). The van der Waals surface area contributed by atoms with E-state index in [1.807, 2.05) is 25.1 Å². The second kappa shape index (κ2) is 4.91. The Balaban J connectivity index is 1.78. The summed E-state index contributed by atoms with van der Waals surface area (Å²) in [5, 5.41) is 9.97. The number of nitrogen functional groups attached to an aromatic ring is 1. The number of H-pyrrole nitrogens is 1. The summed E-state index contributed by atoms with van der Waals surface area (Å²) in [5.74, 6) is 1.56. The van der Waals surface area contributed by atoms with E-state index in [9.17, 15) is 4.79 Å². The molecular weight excluding hydrogens is 296 g/mol. The molecule has 2 aliphatic rings. The fraction of sp³-hybridized carbons (Fsp3) is 0.375. The van der Waals surface area contributed by atoms with Gasteiger partial charge in [0.2, 0.25) is 0 Å². The summed E-state index contributed by atoms with van der Waals surface area (Å²) in [7, 11) is 0. The van der Waals surface area contributed by atoms with Crippen LogP contribution in [0, 0.1) is 0 Å². The van der Waals surface area contributed by atoms with Crippen molar-refractivity contribution in [2.24, 2.45) is 0 Å². The van der Waals surface area contributed by atoms with Crippen LogP contribution in [0.25, 0.3) is 0 Å². The van der Waals surface area contributed by atoms with Gasteiger partial charge in [-0.1, -0.05) is 0 Å². The van der Waals surface area contributed by atoms with Crippen molar-refractivity contribution in [3.63, 3.8) is 0 Å². The lowest BCUT2D eigenvalue weighted by Gasteiger charge is -2.41. The number of hydrogen-bond acceptors (Lipinski definition) is 5. The number of amides is 1. The summed E-state index contributed by atoms with van der Waals surface area (Å²) in [4.78, 5) is 12.5. The van der Waals surface area contributed by atoms with Gasteiger partial charge < -0.3 is 20.5 Å². The largest absolute Gasteiger partial charge is 0.494 e. The van der Waals surface area contributed by atoms with Gasteiger partial charge in [0, 0.05) is 24.5 Å². The maximum Gasteiger partial charge on any atom is 0.257 e. The number of carbonyl (C=O) groups is 1. The summed E-state index contributed by atoms with van der Waals surface area (Å²) < 4.78 is 11.3. The summed E-state index contributed by atoms with van der Waals surface area (Å²) in [6.07, 6.45) is 1.31. The molecule has 0 radical (unpaired) electrons. The van der Waals surface area contributed by atoms with Crippen LogP contribution >= 0.6 is 0 Å². The number of benzene rings is 1. The van der Waals surface area contributed by atoms with Gasteiger partial charge in [-0.05, 0) is 19.1 Å². The van der Waals surface area contributed by atoms with Crippen LogP contribution < -0.4 is 20.5 Å². The molecule has 4 N–H and O–H groups in total. The summed E-state index contributed by atoms with van der Waals surface area (Å²) in [6, 6.07) is 5.75. The highest BCUT2D eigenvalue weighted by atomic mass is 16.5. The van der Waals surface area contributed by atoms with Gasteiger partial charge in [0.1, 0.15) is 17.1 Å². The summed E-state index contributed by atoms with van der Waals surface area (Å²) >= 11 is 0. The number of ether oxygens (including phenoxy) is 2. The van der Waals surface area contributed by atoms with Crippen molar-refractivity contribution in [2.45, 2.75) is 25.3 Å². The highest BCUT2D eigenvalue weighted by Gasteiger charge is 2.45. The molecule has 0 aliphatic carbocycles. The topological polar surface area (TPSA) is 102 Å². The Hall–Kier alpha value is -2.70. The highest BCUT2D eigenvalue weighted by Crippen LogP contribution is 2.43. The van der Waals surface area contributed by atoms with Gasteiger partial charge >= 0.3 is 0 Å². The first kappa shape index (κ1) is 13.9. The van der Waals surface area contributed by atoms with Gasteiger partial charge in [-0.25, -0.2) is 0 Å². The maximum absolute atomic E-state index is 12.5. The number of aromatic nitrogens is 2. The first-order chi connectivity index (χ1) is 11.1. The van der Waals surface area contributed by atoms with Crippen molar-refractivity contribution in [1.82, 2.24) is 15.5 Å². The van der Waals surface area contributed by atoms with Gasteiger partial charge in [0.25, 0.3) is 5.91 Å². The van der Waals surface area contributed by atoms with E-state index in [1.165, 1.54) is 0 Å². The van der Waals surface area contributed by atoms with Gasteiger partial charge in [0.05, 0.1) is 24.4 Å². The van der Waals surface area contributed by atoms with Crippen molar-refractivity contribution in [1.29, 1.82) is 0 Å². The van der Waals surface area contributed by atoms with Crippen molar-refractivity contribution >= 4 is 11.7 Å². The zero-order valence-corrected chi connectivity index (χ0v) is 12.8. The normalized spacial score (nSPS) is 22.0. The van der Waals surface area contributed by atoms with E-state index in [-0.39, 0.29) is 11.7 Å². The lowest BCUT2D eigenvalue weighted by molar-refractivity contribution is 0.0830. The number of nitrogens with two attached hydrogens (primary N) is 1. The van der Waals surface area contributed by atoms with Crippen molar-refractivity contribution in [3.05, 3.63) is 35.0 Å². The molecule has 7 heteroatoms. The minimum atomic E-state index is -0.499. The average molecular weight is 314 g/mol. The monoisotopic (exact) mass is 314 g/mol. The van der Waals surface area contributed by atoms with E-state index in [4.69, 9.17) is 15.2 Å². The molecule has 120 valence electrons. The Bertz CT molecular complexity index is 786. The minimum absolute atomic E-state index is 0.195. The second-order valence-electron chi connectivity index (χ2n) is 5.86. The standard InChI is InChI=1S/C16H18N4O3/c1-2-22-9-3-4-10-12(7-9)23-6-5-16(10)8-11-13(15(21)18-16)14(17)20-19-11/h3-4,7H,2,5-6,8H2,1H3,(H,18,21)(H3,17,19,20)/t16-/m1/s1. The van der Waals surface area contributed by atoms with E-state index in [0.717, 1.165) is 22.8 Å². The number of aromatic amines is 1. The number of hydrogen-bond donors (Lipinski definition) is 3. The van der Waals surface area contributed by atoms with Crippen molar-refractivity contribution < 1.29 is 14.3 Å². The van der Waals surface area contributed by atoms with Crippen LogP contribution in [0.5, 0.6) is 11.5 Å². The molecule has 0 bridgehead atoms. The highest BCUT2D eigenvalue weighted by molar-refractivity contribution is 6.01. The molecule has 1 aromatic carbocycles.